The lowest BCUT2D eigenvalue weighted by molar-refractivity contribution is 0.0895. The second-order valence-corrected chi connectivity index (χ2v) is 4.20. The van der Waals surface area contributed by atoms with Crippen LogP contribution < -0.4 is 5.32 Å². The van der Waals surface area contributed by atoms with Gasteiger partial charge < -0.3 is 14.8 Å². The topological polar surface area (TPSA) is 62.5 Å². The smallest absolute Gasteiger partial charge is 0.287 e. The number of amides is 1. The first kappa shape index (κ1) is 13.3. The van der Waals surface area contributed by atoms with Gasteiger partial charge in [0.25, 0.3) is 5.91 Å². The molecular weight excluding hydrogens is 249 g/mol. The Balaban J connectivity index is 2.20. The monoisotopic (exact) mass is 263 g/mol. The van der Waals surface area contributed by atoms with Crippen molar-refractivity contribution >= 4 is 5.91 Å². The highest BCUT2D eigenvalue weighted by Crippen LogP contribution is 2.24. The van der Waals surface area contributed by atoms with Crippen LogP contribution in [0.15, 0.2) is 40.8 Å². The fourth-order valence-corrected chi connectivity index (χ4v) is 1.61. The molecule has 0 aliphatic heterocycles. The van der Waals surface area contributed by atoms with E-state index < -0.39 is 11.7 Å². The van der Waals surface area contributed by atoms with Crippen molar-refractivity contribution in [3.63, 3.8) is 0 Å². The van der Waals surface area contributed by atoms with E-state index in [-0.39, 0.29) is 18.4 Å². The fraction of sp³-hybridized carbons (Fsp3) is 0.214. The van der Waals surface area contributed by atoms with Crippen LogP contribution in [0.25, 0.3) is 11.3 Å². The lowest BCUT2D eigenvalue weighted by atomic mass is 10.1. The molecule has 0 bridgehead atoms. The van der Waals surface area contributed by atoms with E-state index in [1.54, 1.807) is 25.1 Å². The standard InChI is InChI=1S/C14H14FNO3/c1-9(8-17)16-14(18)13-7-6-12(19-13)10-4-2-3-5-11(10)15/h2-7,9,17H,8H2,1H3,(H,16,18). The molecule has 5 heteroatoms. The summed E-state index contributed by atoms with van der Waals surface area (Å²) in [6.45, 7) is 1.51. The summed E-state index contributed by atoms with van der Waals surface area (Å²) in [5.74, 6) is -0.477. The SMILES string of the molecule is CC(CO)NC(=O)c1ccc(-c2ccccc2F)o1. The summed E-state index contributed by atoms with van der Waals surface area (Å²) >= 11 is 0. The van der Waals surface area contributed by atoms with Gasteiger partial charge in [-0.15, -0.1) is 0 Å². The summed E-state index contributed by atoms with van der Waals surface area (Å²) < 4.78 is 18.9. The van der Waals surface area contributed by atoms with Gasteiger partial charge in [0.1, 0.15) is 11.6 Å². The summed E-state index contributed by atoms with van der Waals surface area (Å²) in [5, 5.41) is 11.4. The number of aliphatic hydroxyl groups excluding tert-OH is 1. The Bertz CT molecular complexity index is 580. The average molecular weight is 263 g/mol. The van der Waals surface area contributed by atoms with Crippen molar-refractivity contribution in [3.05, 3.63) is 48.0 Å². The average Bonchev–Trinajstić information content (AvgIpc) is 2.88. The van der Waals surface area contributed by atoms with E-state index in [1.165, 1.54) is 18.2 Å². The lowest BCUT2D eigenvalue weighted by Crippen LogP contribution is -2.34. The van der Waals surface area contributed by atoms with E-state index in [9.17, 15) is 9.18 Å². The molecule has 2 aromatic rings. The van der Waals surface area contributed by atoms with Crippen LogP contribution in [0, 0.1) is 5.82 Å². The van der Waals surface area contributed by atoms with Crippen LogP contribution in [0.5, 0.6) is 0 Å². The number of hydrogen-bond acceptors (Lipinski definition) is 3. The lowest BCUT2D eigenvalue weighted by Gasteiger charge is -2.08. The molecule has 0 saturated carbocycles. The first-order chi connectivity index (χ1) is 9.11. The summed E-state index contributed by atoms with van der Waals surface area (Å²) in [6, 6.07) is 8.82. The van der Waals surface area contributed by atoms with Gasteiger partial charge >= 0.3 is 0 Å². The van der Waals surface area contributed by atoms with E-state index in [0.717, 1.165) is 0 Å². The maximum atomic E-state index is 13.6. The quantitative estimate of drug-likeness (QED) is 0.888. The third kappa shape index (κ3) is 3.00. The minimum absolute atomic E-state index is 0.0820. The molecule has 0 radical (unpaired) electrons. The zero-order valence-electron chi connectivity index (χ0n) is 10.4. The first-order valence-corrected chi connectivity index (χ1v) is 5.88. The second kappa shape index (κ2) is 5.67. The Morgan fingerprint density at radius 2 is 2.11 bits per heavy atom. The third-order valence-electron chi connectivity index (χ3n) is 2.62. The first-order valence-electron chi connectivity index (χ1n) is 5.88. The van der Waals surface area contributed by atoms with Gasteiger partial charge in [-0.25, -0.2) is 4.39 Å². The molecule has 2 N–H and O–H groups in total. The van der Waals surface area contributed by atoms with E-state index in [4.69, 9.17) is 9.52 Å². The van der Waals surface area contributed by atoms with Crippen molar-refractivity contribution in [1.82, 2.24) is 5.32 Å². The van der Waals surface area contributed by atoms with Crippen LogP contribution in [0.2, 0.25) is 0 Å². The molecule has 1 aromatic heterocycles. The molecule has 100 valence electrons. The number of carbonyl (C=O) groups excluding carboxylic acids is 1. The minimum atomic E-state index is -0.441. The van der Waals surface area contributed by atoms with Crippen molar-refractivity contribution in [3.8, 4) is 11.3 Å². The zero-order valence-corrected chi connectivity index (χ0v) is 10.4. The number of rotatable bonds is 4. The van der Waals surface area contributed by atoms with Crippen LogP contribution in [-0.2, 0) is 0 Å². The largest absolute Gasteiger partial charge is 0.451 e. The van der Waals surface area contributed by atoms with Crippen LogP contribution in [0.3, 0.4) is 0 Å². The second-order valence-electron chi connectivity index (χ2n) is 4.20. The Hall–Kier alpha value is -2.14. The van der Waals surface area contributed by atoms with Crippen LogP contribution in [0.4, 0.5) is 4.39 Å². The Kier molecular flexibility index (Phi) is 3.97. The van der Waals surface area contributed by atoms with E-state index in [1.807, 2.05) is 0 Å². The minimum Gasteiger partial charge on any atom is -0.451 e. The normalized spacial score (nSPS) is 12.2. The molecule has 1 amide bonds. The van der Waals surface area contributed by atoms with Crippen molar-refractivity contribution in [2.24, 2.45) is 0 Å². The summed E-state index contributed by atoms with van der Waals surface area (Å²) in [5.41, 5.74) is 0.303. The van der Waals surface area contributed by atoms with Gasteiger partial charge in [-0.2, -0.15) is 0 Å². The number of furan rings is 1. The predicted molar refractivity (Wildman–Crippen MR) is 68.1 cm³/mol. The molecule has 19 heavy (non-hydrogen) atoms. The zero-order chi connectivity index (χ0) is 13.8. The molecule has 0 aliphatic carbocycles. The van der Waals surface area contributed by atoms with E-state index in [0.29, 0.717) is 11.3 Å². The highest BCUT2D eigenvalue weighted by Gasteiger charge is 2.15. The molecule has 2 rings (SSSR count). The summed E-state index contributed by atoms with van der Waals surface area (Å²) in [7, 11) is 0. The van der Waals surface area contributed by atoms with Gasteiger partial charge in [0.2, 0.25) is 0 Å². The van der Waals surface area contributed by atoms with Crippen LogP contribution in [0.1, 0.15) is 17.5 Å². The Morgan fingerprint density at radius 3 is 2.79 bits per heavy atom. The van der Waals surface area contributed by atoms with Gasteiger partial charge in [0, 0.05) is 6.04 Å². The third-order valence-corrected chi connectivity index (χ3v) is 2.62. The van der Waals surface area contributed by atoms with Crippen molar-refractivity contribution < 1.29 is 18.7 Å². The van der Waals surface area contributed by atoms with Crippen LogP contribution in [-0.4, -0.2) is 23.7 Å². The molecule has 1 aromatic carbocycles. The van der Waals surface area contributed by atoms with Crippen molar-refractivity contribution in [1.29, 1.82) is 0 Å². The summed E-state index contributed by atoms with van der Waals surface area (Å²) in [6.07, 6.45) is 0. The highest BCUT2D eigenvalue weighted by molar-refractivity contribution is 5.92. The number of aliphatic hydroxyl groups is 1. The van der Waals surface area contributed by atoms with Gasteiger partial charge in [-0.3, -0.25) is 4.79 Å². The van der Waals surface area contributed by atoms with Gasteiger partial charge in [0.05, 0.1) is 12.2 Å². The fourth-order valence-electron chi connectivity index (χ4n) is 1.61. The predicted octanol–water partition coefficient (Wildman–Crippen LogP) is 2.20. The molecular formula is C14H14FNO3. The Morgan fingerprint density at radius 1 is 1.37 bits per heavy atom. The van der Waals surface area contributed by atoms with Crippen molar-refractivity contribution in [2.75, 3.05) is 6.61 Å². The van der Waals surface area contributed by atoms with Gasteiger partial charge in [-0.05, 0) is 31.2 Å². The molecule has 0 aliphatic rings. The number of benzene rings is 1. The van der Waals surface area contributed by atoms with Gasteiger partial charge in [0.15, 0.2) is 5.76 Å². The molecule has 1 heterocycles. The van der Waals surface area contributed by atoms with Gasteiger partial charge in [-0.1, -0.05) is 12.1 Å². The molecule has 0 saturated heterocycles. The maximum absolute atomic E-state index is 13.6. The summed E-state index contributed by atoms with van der Waals surface area (Å²) in [4.78, 5) is 11.7. The van der Waals surface area contributed by atoms with E-state index >= 15 is 0 Å². The number of carbonyl (C=O) groups is 1. The van der Waals surface area contributed by atoms with Crippen molar-refractivity contribution in [2.45, 2.75) is 13.0 Å². The van der Waals surface area contributed by atoms with Crippen LogP contribution >= 0.6 is 0 Å². The number of nitrogens with one attached hydrogen (secondary N) is 1. The molecule has 0 spiro atoms. The Labute approximate surface area is 109 Å². The number of halogens is 1. The molecule has 4 nitrogen and oxygen atoms in total. The molecule has 1 unspecified atom stereocenters. The van der Waals surface area contributed by atoms with E-state index in [2.05, 4.69) is 5.32 Å². The molecule has 0 fully saturated rings. The number of hydrogen-bond donors (Lipinski definition) is 2. The maximum Gasteiger partial charge on any atom is 0.287 e. The highest BCUT2D eigenvalue weighted by atomic mass is 19.1. The molecule has 1 atom stereocenters.